The molecule has 0 saturated carbocycles. The van der Waals surface area contributed by atoms with Gasteiger partial charge in [-0.1, -0.05) is 24.3 Å². The first-order chi connectivity index (χ1) is 14.5. The van der Waals surface area contributed by atoms with E-state index in [0.29, 0.717) is 0 Å². The van der Waals surface area contributed by atoms with E-state index in [9.17, 15) is 9.59 Å². The molecule has 0 unspecified atom stereocenters. The van der Waals surface area contributed by atoms with Crippen molar-refractivity contribution in [2.45, 2.75) is 6.92 Å². The molecular formula is C23H19N3O4. The van der Waals surface area contributed by atoms with Crippen molar-refractivity contribution in [1.29, 1.82) is 0 Å². The zero-order valence-corrected chi connectivity index (χ0v) is 16.1. The first kappa shape index (κ1) is 20.5. The molecule has 150 valence electrons. The molecule has 4 rings (SSSR count). The number of carbonyl (C=O) groups is 2. The van der Waals surface area contributed by atoms with Crippen LogP contribution in [0.25, 0.3) is 16.9 Å². The lowest BCUT2D eigenvalue weighted by atomic mass is 10.0. The van der Waals surface area contributed by atoms with Crippen LogP contribution in [0.1, 0.15) is 26.3 Å². The van der Waals surface area contributed by atoms with Gasteiger partial charge >= 0.3 is 11.9 Å². The van der Waals surface area contributed by atoms with Gasteiger partial charge in [-0.25, -0.2) is 14.3 Å². The molecule has 2 aromatic carbocycles. The number of carboxylic acid groups (broad SMARTS) is 2. The van der Waals surface area contributed by atoms with Crippen LogP contribution in [0, 0.1) is 6.92 Å². The second-order valence-corrected chi connectivity index (χ2v) is 6.31. The number of benzene rings is 2. The van der Waals surface area contributed by atoms with Crippen molar-refractivity contribution >= 4 is 11.9 Å². The molecule has 0 amide bonds. The molecule has 7 nitrogen and oxygen atoms in total. The van der Waals surface area contributed by atoms with E-state index in [2.05, 4.69) is 10.1 Å². The summed E-state index contributed by atoms with van der Waals surface area (Å²) in [6, 6.07) is 20.1. The van der Waals surface area contributed by atoms with Crippen molar-refractivity contribution in [3.8, 4) is 16.9 Å². The first-order valence-corrected chi connectivity index (χ1v) is 9.05. The number of para-hydroxylation sites is 1. The van der Waals surface area contributed by atoms with Crippen LogP contribution >= 0.6 is 0 Å². The van der Waals surface area contributed by atoms with Gasteiger partial charge in [-0.05, 0) is 55.0 Å². The Morgan fingerprint density at radius 1 is 0.833 bits per heavy atom. The highest BCUT2D eigenvalue weighted by atomic mass is 16.4. The molecule has 0 radical (unpaired) electrons. The van der Waals surface area contributed by atoms with Crippen molar-refractivity contribution < 1.29 is 19.8 Å². The zero-order chi connectivity index (χ0) is 21.5. The van der Waals surface area contributed by atoms with E-state index in [4.69, 9.17) is 10.2 Å². The lowest BCUT2D eigenvalue weighted by Gasteiger charge is -2.03. The first-order valence-electron chi connectivity index (χ1n) is 9.05. The Bertz CT molecular complexity index is 1070. The van der Waals surface area contributed by atoms with Gasteiger partial charge in [-0.15, -0.1) is 0 Å². The molecule has 7 heteroatoms. The summed E-state index contributed by atoms with van der Waals surface area (Å²) in [5.41, 5.74) is 3.36. The molecule has 2 heterocycles. The molecule has 2 aromatic heterocycles. The number of hydrogen-bond acceptors (Lipinski definition) is 4. The van der Waals surface area contributed by atoms with Gasteiger partial charge in [0.25, 0.3) is 0 Å². The Labute approximate surface area is 172 Å². The maximum absolute atomic E-state index is 10.6. The van der Waals surface area contributed by atoms with E-state index in [0.717, 1.165) is 16.9 Å². The minimum absolute atomic E-state index is 0.0277. The molecule has 0 saturated heterocycles. The number of hydrogen-bond donors (Lipinski definition) is 2. The average Bonchev–Trinajstić information content (AvgIpc) is 3.26. The van der Waals surface area contributed by atoms with E-state index in [1.165, 1.54) is 25.1 Å². The van der Waals surface area contributed by atoms with Gasteiger partial charge in [0.1, 0.15) is 0 Å². The average molecular weight is 401 g/mol. The molecule has 0 aliphatic carbocycles. The summed E-state index contributed by atoms with van der Waals surface area (Å²) in [6.07, 6.45) is 5.53. The largest absolute Gasteiger partial charge is 0.478 e. The van der Waals surface area contributed by atoms with Gasteiger partial charge < -0.3 is 10.2 Å². The highest BCUT2D eigenvalue weighted by molar-refractivity contribution is 5.96. The smallest absolute Gasteiger partial charge is 0.335 e. The zero-order valence-electron chi connectivity index (χ0n) is 16.1. The standard InChI is InChI=1S/C14H11N3.C9H8O4/c1-2-6-13(7-3-1)17-10-8-14(16-17)12-5-4-9-15-11-12;1-5-6(8(10)11)3-2-4-7(5)9(12)13/h1-11H;2-4H,1H3,(H,10,11)(H,12,13). The third kappa shape index (κ3) is 4.77. The van der Waals surface area contributed by atoms with E-state index in [-0.39, 0.29) is 16.7 Å². The Morgan fingerprint density at radius 2 is 1.50 bits per heavy atom. The fourth-order valence-corrected chi connectivity index (χ4v) is 2.82. The van der Waals surface area contributed by atoms with Crippen LogP contribution in [-0.4, -0.2) is 36.9 Å². The van der Waals surface area contributed by atoms with Gasteiger partial charge in [-0.2, -0.15) is 5.10 Å². The van der Waals surface area contributed by atoms with Crippen molar-refractivity contribution in [2.75, 3.05) is 0 Å². The van der Waals surface area contributed by atoms with E-state index < -0.39 is 11.9 Å². The fourth-order valence-electron chi connectivity index (χ4n) is 2.82. The number of aromatic nitrogens is 3. The van der Waals surface area contributed by atoms with E-state index in [1.54, 1.807) is 6.20 Å². The molecule has 2 N–H and O–H groups in total. The molecule has 30 heavy (non-hydrogen) atoms. The molecule has 0 spiro atoms. The minimum Gasteiger partial charge on any atom is -0.478 e. The maximum atomic E-state index is 10.6. The predicted molar refractivity (Wildman–Crippen MR) is 112 cm³/mol. The van der Waals surface area contributed by atoms with Gasteiger partial charge in [0.2, 0.25) is 0 Å². The SMILES string of the molecule is Cc1c(C(=O)O)cccc1C(=O)O.c1ccc(-n2ccc(-c3cccnc3)n2)cc1. The van der Waals surface area contributed by atoms with E-state index >= 15 is 0 Å². The van der Waals surface area contributed by atoms with Crippen LogP contribution in [0.2, 0.25) is 0 Å². The normalized spacial score (nSPS) is 10.0. The Morgan fingerprint density at radius 3 is 2.07 bits per heavy atom. The third-order valence-corrected chi connectivity index (χ3v) is 4.36. The fraction of sp³-hybridized carbons (Fsp3) is 0.0435. The van der Waals surface area contributed by atoms with E-state index in [1.807, 2.05) is 65.6 Å². The van der Waals surface area contributed by atoms with Crippen LogP contribution in [-0.2, 0) is 0 Å². The topological polar surface area (TPSA) is 105 Å². The second-order valence-electron chi connectivity index (χ2n) is 6.31. The second kappa shape index (κ2) is 9.29. The molecule has 0 aliphatic rings. The highest BCUT2D eigenvalue weighted by Gasteiger charge is 2.13. The van der Waals surface area contributed by atoms with Crippen molar-refractivity contribution in [2.24, 2.45) is 0 Å². The lowest BCUT2D eigenvalue weighted by molar-refractivity contribution is 0.0696. The Kier molecular flexibility index (Phi) is 6.34. The highest BCUT2D eigenvalue weighted by Crippen LogP contribution is 2.17. The van der Waals surface area contributed by atoms with Gasteiger partial charge in [0.15, 0.2) is 0 Å². The number of rotatable bonds is 4. The lowest BCUT2D eigenvalue weighted by Crippen LogP contribution is -2.06. The van der Waals surface area contributed by atoms with Crippen LogP contribution in [0.15, 0.2) is 85.3 Å². The quantitative estimate of drug-likeness (QED) is 0.527. The van der Waals surface area contributed by atoms with Gasteiger partial charge in [0, 0.05) is 24.2 Å². The summed E-state index contributed by atoms with van der Waals surface area (Å²) in [4.78, 5) is 25.3. The van der Waals surface area contributed by atoms with Crippen molar-refractivity contribution in [3.63, 3.8) is 0 Å². The van der Waals surface area contributed by atoms with Crippen LogP contribution in [0.3, 0.4) is 0 Å². The molecule has 0 fully saturated rings. The summed E-state index contributed by atoms with van der Waals surface area (Å²) < 4.78 is 1.86. The summed E-state index contributed by atoms with van der Waals surface area (Å²) in [5.74, 6) is -2.22. The molecule has 0 atom stereocenters. The monoisotopic (exact) mass is 401 g/mol. The van der Waals surface area contributed by atoms with Crippen LogP contribution in [0.4, 0.5) is 0 Å². The Balaban J connectivity index is 0.000000178. The van der Waals surface area contributed by atoms with Gasteiger partial charge in [-0.3, -0.25) is 4.98 Å². The Hall–Kier alpha value is -4.26. The molecule has 4 aromatic rings. The van der Waals surface area contributed by atoms with Crippen LogP contribution in [0.5, 0.6) is 0 Å². The maximum Gasteiger partial charge on any atom is 0.335 e. The number of aromatic carboxylic acids is 2. The molecule has 0 aliphatic heterocycles. The summed E-state index contributed by atoms with van der Waals surface area (Å²) in [7, 11) is 0. The number of pyridine rings is 1. The third-order valence-electron chi connectivity index (χ3n) is 4.36. The van der Waals surface area contributed by atoms with Gasteiger partial charge in [0.05, 0.1) is 22.5 Å². The molecule has 0 bridgehead atoms. The van der Waals surface area contributed by atoms with Crippen molar-refractivity contribution in [1.82, 2.24) is 14.8 Å². The van der Waals surface area contributed by atoms with Crippen LogP contribution < -0.4 is 0 Å². The van der Waals surface area contributed by atoms with Crippen molar-refractivity contribution in [3.05, 3.63) is 102 Å². The number of carboxylic acids is 2. The summed E-state index contributed by atoms with van der Waals surface area (Å²) in [6.45, 7) is 1.48. The predicted octanol–water partition coefficient (Wildman–Crippen LogP) is 4.33. The minimum atomic E-state index is -1.11. The number of nitrogens with zero attached hydrogens (tertiary/aromatic N) is 3. The summed E-state index contributed by atoms with van der Waals surface area (Å²) in [5, 5.41) is 21.9. The summed E-state index contributed by atoms with van der Waals surface area (Å²) >= 11 is 0. The molecular weight excluding hydrogens is 382 g/mol.